The van der Waals surface area contributed by atoms with Gasteiger partial charge in [0.2, 0.25) is 0 Å². The van der Waals surface area contributed by atoms with Crippen LogP contribution in [0, 0.1) is 34.5 Å². The Morgan fingerprint density at radius 2 is 1.95 bits per heavy atom. The molecule has 116 valence electrons. The summed E-state index contributed by atoms with van der Waals surface area (Å²) >= 11 is 0. The Labute approximate surface area is 135 Å². The number of hydrogen-bond donors (Lipinski definition) is 0. The molecule has 0 bridgehead atoms. The minimum absolute atomic E-state index is 0.0682. The lowest BCUT2D eigenvalue weighted by atomic mass is 9.45. The maximum atomic E-state index is 12.5. The molecule has 21 heavy (non-hydrogen) atoms. The third-order valence-electron chi connectivity index (χ3n) is 7.09. The molecule has 0 unspecified atom stereocenters. The van der Waals surface area contributed by atoms with E-state index in [2.05, 4.69) is 0 Å². The fourth-order valence-corrected chi connectivity index (χ4v) is 5.73. The molecule has 4 rings (SSSR count). The van der Waals surface area contributed by atoms with E-state index < -0.39 is 29.5 Å². The Kier molecular flexibility index (Phi) is 2.00. The van der Waals surface area contributed by atoms with E-state index in [0.717, 1.165) is 6.42 Å². The Hall–Kier alpha value is -0.660. The quantitative estimate of drug-likeness (QED) is 0.672. The number of carbonyl (C=O) groups excluding carboxylic acids is 2. The standard InChI is InChI=1S/C19H28O2/c1-18-9-7-13(20)11-12(18)3-4-14-15-5-6-17(21)19(15,2)10-8-16(14)18/h12,14-16H,3-11H2,1-2H3/t12-,14-,15-,16-,18-,19-/m0/s1/i3D2,9D2,12D. The van der Waals surface area contributed by atoms with Gasteiger partial charge in [-0.1, -0.05) is 13.8 Å². The van der Waals surface area contributed by atoms with Crippen LogP contribution >= 0.6 is 0 Å². The minimum atomic E-state index is -1.95. The average molecular weight is 293 g/mol. The van der Waals surface area contributed by atoms with Gasteiger partial charge in [0.05, 0.1) is 0 Å². The Balaban J connectivity index is 1.87. The number of hydrogen-bond acceptors (Lipinski definition) is 2. The topological polar surface area (TPSA) is 34.1 Å². The molecule has 2 nitrogen and oxygen atoms in total. The summed E-state index contributed by atoms with van der Waals surface area (Å²) in [4.78, 5) is 24.7. The first-order chi connectivity index (χ1) is 11.8. The number of Topliss-reactive ketones (excluding diaryl/α,β-unsaturated/α-hetero) is 2. The lowest BCUT2D eigenvalue weighted by Gasteiger charge is -2.59. The van der Waals surface area contributed by atoms with Gasteiger partial charge in [-0.05, 0) is 67.5 Å². The summed E-state index contributed by atoms with van der Waals surface area (Å²) < 4.78 is 43.8. The Morgan fingerprint density at radius 3 is 2.76 bits per heavy atom. The van der Waals surface area contributed by atoms with Gasteiger partial charge in [0.25, 0.3) is 0 Å². The van der Waals surface area contributed by atoms with Gasteiger partial charge in [-0.25, -0.2) is 0 Å². The fourth-order valence-electron chi connectivity index (χ4n) is 5.73. The van der Waals surface area contributed by atoms with Crippen molar-refractivity contribution in [3.05, 3.63) is 0 Å². The van der Waals surface area contributed by atoms with Gasteiger partial charge in [0.1, 0.15) is 11.6 Å². The molecule has 4 aliphatic carbocycles. The van der Waals surface area contributed by atoms with Crippen molar-refractivity contribution in [2.45, 2.75) is 71.5 Å². The Morgan fingerprint density at radius 1 is 1.14 bits per heavy atom. The van der Waals surface area contributed by atoms with E-state index >= 15 is 0 Å². The third kappa shape index (κ3) is 1.77. The largest absolute Gasteiger partial charge is 0.300 e. The minimum Gasteiger partial charge on any atom is -0.300 e. The van der Waals surface area contributed by atoms with Crippen LogP contribution < -0.4 is 0 Å². The van der Waals surface area contributed by atoms with Crippen molar-refractivity contribution in [2.75, 3.05) is 0 Å². The van der Waals surface area contributed by atoms with Crippen molar-refractivity contribution in [1.29, 1.82) is 0 Å². The summed E-state index contributed by atoms with van der Waals surface area (Å²) in [6, 6.07) is 0. The van der Waals surface area contributed by atoms with Crippen molar-refractivity contribution in [2.24, 2.45) is 34.5 Å². The summed E-state index contributed by atoms with van der Waals surface area (Å²) in [6.45, 7) is 3.73. The number of fused-ring (bicyclic) bond motifs is 5. The van der Waals surface area contributed by atoms with Crippen LogP contribution in [0.3, 0.4) is 0 Å². The highest BCUT2D eigenvalue weighted by atomic mass is 16.1. The Bertz CT molecular complexity index is 691. The van der Waals surface area contributed by atoms with E-state index in [1.54, 1.807) is 6.92 Å². The molecule has 0 aromatic carbocycles. The molecule has 4 saturated carbocycles. The van der Waals surface area contributed by atoms with Crippen molar-refractivity contribution >= 4 is 11.6 Å². The predicted octanol–water partition coefficient (Wildman–Crippen LogP) is 4.17. The molecule has 0 aliphatic heterocycles. The first-order valence-electron chi connectivity index (χ1n) is 10.9. The SMILES string of the molecule is [2H]C1([2H])CC(=O)C[C@]2([2H])C([2H])([2H])C[C@@H]3[C@H](CC[C@]4(C)C(=O)CC[C@@H]34)[C@@]12C. The predicted molar refractivity (Wildman–Crippen MR) is 81.7 cm³/mol. The van der Waals surface area contributed by atoms with Crippen molar-refractivity contribution in [3.63, 3.8) is 0 Å². The molecule has 2 heteroatoms. The average Bonchev–Trinajstić information content (AvgIpc) is 2.79. The molecular formula is C19H28O2. The molecule has 0 heterocycles. The molecule has 0 aromatic heterocycles. The summed E-state index contributed by atoms with van der Waals surface area (Å²) in [5.74, 6) is -2.02. The number of ketones is 2. The maximum Gasteiger partial charge on any atom is 0.139 e. The molecule has 0 aromatic rings. The monoisotopic (exact) mass is 293 g/mol. The molecule has 0 spiro atoms. The van der Waals surface area contributed by atoms with Gasteiger partial charge in [0, 0.05) is 31.5 Å². The van der Waals surface area contributed by atoms with Gasteiger partial charge >= 0.3 is 0 Å². The highest BCUT2D eigenvalue weighted by Crippen LogP contribution is 2.65. The summed E-state index contributed by atoms with van der Waals surface area (Å²) in [7, 11) is 0. The summed E-state index contributed by atoms with van der Waals surface area (Å²) in [5.41, 5.74) is -1.65. The number of rotatable bonds is 0. The van der Waals surface area contributed by atoms with E-state index in [1.807, 2.05) is 6.92 Å². The smallest absolute Gasteiger partial charge is 0.139 e. The van der Waals surface area contributed by atoms with Crippen LogP contribution in [0.25, 0.3) is 0 Å². The summed E-state index contributed by atoms with van der Waals surface area (Å²) in [5, 5.41) is 0. The summed E-state index contributed by atoms with van der Waals surface area (Å²) in [6.07, 6.45) is -1.52. The lowest BCUT2D eigenvalue weighted by Crippen LogP contribution is -2.53. The van der Waals surface area contributed by atoms with E-state index in [4.69, 9.17) is 6.85 Å². The van der Waals surface area contributed by atoms with Crippen LogP contribution in [0.5, 0.6) is 0 Å². The van der Waals surface area contributed by atoms with E-state index in [9.17, 15) is 9.59 Å². The van der Waals surface area contributed by atoms with Crippen LogP contribution in [-0.4, -0.2) is 11.6 Å². The molecule has 4 fully saturated rings. The van der Waals surface area contributed by atoms with Crippen LogP contribution in [0.15, 0.2) is 0 Å². The second-order valence-electron chi connectivity index (χ2n) is 7.93. The normalized spacial score (nSPS) is 64.9. The fraction of sp³-hybridized carbons (Fsp3) is 0.895. The first kappa shape index (κ1) is 9.47. The van der Waals surface area contributed by atoms with Gasteiger partial charge in [-0.3, -0.25) is 9.59 Å². The second kappa shape index (κ2) is 4.43. The molecule has 4 aliphatic rings. The van der Waals surface area contributed by atoms with Gasteiger partial charge in [-0.2, -0.15) is 0 Å². The second-order valence-corrected chi connectivity index (χ2v) is 7.93. The molecular weight excluding hydrogens is 260 g/mol. The van der Waals surface area contributed by atoms with Crippen molar-refractivity contribution < 1.29 is 16.4 Å². The highest BCUT2D eigenvalue weighted by Gasteiger charge is 2.60. The van der Waals surface area contributed by atoms with Crippen LogP contribution in [0.2, 0.25) is 0 Å². The van der Waals surface area contributed by atoms with Crippen LogP contribution in [0.1, 0.15) is 78.4 Å². The van der Waals surface area contributed by atoms with E-state index in [0.29, 0.717) is 19.3 Å². The van der Waals surface area contributed by atoms with Gasteiger partial charge in [0.15, 0.2) is 0 Å². The van der Waals surface area contributed by atoms with Crippen LogP contribution in [-0.2, 0) is 9.59 Å². The molecule has 6 atom stereocenters. The highest BCUT2D eigenvalue weighted by molar-refractivity contribution is 5.87. The van der Waals surface area contributed by atoms with E-state index in [-0.39, 0.29) is 48.6 Å². The van der Waals surface area contributed by atoms with Gasteiger partial charge in [-0.15, -0.1) is 0 Å². The molecule has 0 amide bonds. The van der Waals surface area contributed by atoms with Crippen LogP contribution in [0.4, 0.5) is 0 Å². The lowest BCUT2D eigenvalue weighted by molar-refractivity contribution is -0.144. The molecule has 0 radical (unpaired) electrons. The van der Waals surface area contributed by atoms with Crippen molar-refractivity contribution in [1.82, 2.24) is 0 Å². The van der Waals surface area contributed by atoms with E-state index in [1.165, 1.54) is 0 Å². The first-order valence-corrected chi connectivity index (χ1v) is 8.35. The zero-order chi connectivity index (χ0) is 19.3. The van der Waals surface area contributed by atoms with Gasteiger partial charge < -0.3 is 0 Å². The molecule has 0 N–H and O–H groups in total. The molecule has 0 saturated heterocycles. The zero-order valence-electron chi connectivity index (χ0n) is 18.0. The van der Waals surface area contributed by atoms with Crippen molar-refractivity contribution in [3.8, 4) is 0 Å². The zero-order valence-corrected chi connectivity index (χ0v) is 13.0. The maximum absolute atomic E-state index is 12.5. The number of carbonyl (C=O) groups is 2. The third-order valence-corrected chi connectivity index (χ3v) is 7.09.